The van der Waals surface area contributed by atoms with Crippen LogP contribution in [0.4, 0.5) is 0 Å². The lowest BCUT2D eigenvalue weighted by atomic mass is 10.0. The Hall–Kier alpha value is -7.32. The van der Waals surface area contributed by atoms with E-state index in [1.807, 2.05) is 79.8 Å². The quantitative estimate of drug-likeness (QED) is 0.0826. The van der Waals surface area contributed by atoms with Crippen molar-refractivity contribution in [2.45, 2.75) is 329 Å². The van der Waals surface area contributed by atoms with Crippen molar-refractivity contribution in [3.63, 3.8) is 0 Å². The van der Waals surface area contributed by atoms with Crippen molar-refractivity contribution < 1.29 is 13.6 Å². The highest BCUT2D eigenvalue weighted by atomic mass is 16.5. The van der Waals surface area contributed by atoms with Crippen molar-refractivity contribution in [3.8, 4) is 0 Å². The van der Waals surface area contributed by atoms with E-state index >= 15 is 0 Å². The van der Waals surface area contributed by atoms with Crippen LogP contribution in [0.15, 0.2) is 94.9 Å². The molecule has 8 saturated carbocycles. The number of hydrogen-bond acceptors (Lipinski definition) is 15. The average Bonchev–Trinajstić information content (AvgIpc) is 1.92. The summed E-state index contributed by atoms with van der Waals surface area (Å²) in [6.45, 7) is 38.9. The standard InChI is InChI=1S/2C9H14N2.3C9H13NO.3C8H13N3.C6H10N2/c1-7(2)11-6-10-5-9(11)8-3-4-8;1-7(2)9-5-10-6-11(9)8-3-4-8;2*1-6(2)9-8(5-11-10-9)7-3-4-7;1-6(2)9-8(5-10-11-9)7-3-4-7;2*1-6(2)8-10-9-5-11(8)7-3-4-7;1-6(2)11-8(5-9-10-11)7-3-4-7;1-6(2)8-4-3-7-5-8/h2*5-8H,3-4H2,1-2H3;6*5-7H,3-4H2,1-2H3;3-6H,1-2H3. The molecule has 0 radical (unpaired) electrons. The van der Waals surface area contributed by atoms with Crippen LogP contribution in [0, 0.1) is 0 Å². The molecule has 8 fully saturated rings. The van der Waals surface area contributed by atoms with Crippen LogP contribution in [0.25, 0.3) is 0 Å². The van der Waals surface area contributed by atoms with Crippen molar-refractivity contribution in [2.24, 2.45) is 0 Å². The predicted molar refractivity (Wildman–Crippen MR) is 377 cm³/mol. The number of imidazole rings is 3. The van der Waals surface area contributed by atoms with Crippen LogP contribution in [0.5, 0.6) is 0 Å². The third kappa shape index (κ3) is 21.6. The Morgan fingerprint density at radius 1 is 0.396 bits per heavy atom. The van der Waals surface area contributed by atoms with Crippen molar-refractivity contribution in [1.29, 1.82) is 0 Å². The number of nitrogens with zero attached hydrogens (tertiary/aromatic N) is 18. The highest BCUT2D eigenvalue weighted by Gasteiger charge is 2.33. The molecule has 0 unspecified atom stereocenters. The first-order valence-electron chi connectivity index (χ1n) is 36.6. The molecule has 8 aliphatic carbocycles. The smallest absolute Gasteiger partial charge is 0.142 e. The first kappa shape index (κ1) is 72.9. The zero-order chi connectivity index (χ0) is 68.7. The fourth-order valence-electron chi connectivity index (χ4n) is 11.5. The van der Waals surface area contributed by atoms with Gasteiger partial charge in [-0.1, -0.05) is 104 Å². The van der Waals surface area contributed by atoms with Gasteiger partial charge in [-0.15, -0.1) is 25.5 Å². The maximum Gasteiger partial charge on any atom is 0.142 e. The summed E-state index contributed by atoms with van der Waals surface area (Å²) in [6.07, 6.45) is 45.8. The second-order valence-corrected chi connectivity index (χ2v) is 30.5. The summed E-state index contributed by atoms with van der Waals surface area (Å²) in [5.41, 5.74) is 10.5. The van der Waals surface area contributed by atoms with E-state index in [9.17, 15) is 0 Å². The lowest BCUT2D eigenvalue weighted by molar-refractivity contribution is 0.369. The Labute approximate surface area is 572 Å². The minimum atomic E-state index is 0.452. The second kappa shape index (κ2) is 34.3. The third-order valence-electron chi connectivity index (χ3n) is 18.3. The van der Waals surface area contributed by atoms with Gasteiger partial charge in [0.2, 0.25) is 0 Å². The molecular formula is C75H116N18O3. The fraction of sp³-hybridized carbons (Fsp3) is 0.680. The lowest BCUT2D eigenvalue weighted by Crippen LogP contribution is -2.06. The molecule has 21 nitrogen and oxygen atoms in total. The van der Waals surface area contributed by atoms with Gasteiger partial charge in [-0.3, -0.25) is 0 Å². The molecule has 0 N–H and O–H groups in total. The van der Waals surface area contributed by atoms with Crippen LogP contribution in [-0.4, -0.2) is 88.6 Å². The molecule has 21 heteroatoms. The lowest BCUT2D eigenvalue weighted by Gasteiger charge is -2.10. The molecule has 96 heavy (non-hydrogen) atoms. The zero-order valence-corrected chi connectivity index (χ0v) is 61.4. The normalized spacial score (nSPS) is 17.1. The Morgan fingerprint density at radius 3 is 1.27 bits per heavy atom. The average molecular weight is 1320 g/mol. The first-order valence-corrected chi connectivity index (χ1v) is 36.6. The Kier molecular flexibility index (Phi) is 26.0. The molecule has 0 spiro atoms. The Bertz CT molecular complexity index is 2840. The molecular weight excluding hydrogens is 1200 g/mol. The summed E-state index contributed by atoms with van der Waals surface area (Å²) >= 11 is 0. The third-order valence-corrected chi connectivity index (χ3v) is 18.3. The van der Waals surface area contributed by atoms with Crippen molar-refractivity contribution in [2.75, 3.05) is 0 Å². The molecule has 9 aromatic rings. The number of aromatic nitrogens is 18. The van der Waals surface area contributed by atoms with Gasteiger partial charge in [-0.2, -0.15) is 0 Å². The summed E-state index contributed by atoms with van der Waals surface area (Å²) in [5, 5.41) is 35.8. The molecule has 9 aromatic heterocycles. The van der Waals surface area contributed by atoms with E-state index in [1.165, 1.54) is 137 Å². The van der Waals surface area contributed by atoms with E-state index < -0.39 is 0 Å². The summed E-state index contributed by atoms with van der Waals surface area (Å²) in [5.74, 6) is 10.3. The molecule has 17 rings (SSSR count). The van der Waals surface area contributed by atoms with Crippen molar-refractivity contribution >= 4 is 0 Å². The van der Waals surface area contributed by atoms with E-state index in [4.69, 9.17) is 13.6 Å². The molecule has 524 valence electrons. The van der Waals surface area contributed by atoms with Crippen LogP contribution in [0.3, 0.4) is 0 Å². The van der Waals surface area contributed by atoms with Crippen LogP contribution in [0.2, 0.25) is 0 Å². The number of hydrogen-bond donors (Lipinski definition) is 0. The zero-order valence-electron chi connectivity index (χ0n) is 61.4. The highest BCUT2D eigenvalue weighted by molar-refractivity contribution is 5.28. The predicted octanol–water partition coefficient (Wildman–Crippen LogP) is 19.4. The number of rotatable bonds is 17. The van der Waals surface area contributed by atoms with Gasteiger partial charge in [0, 0.05) is 119 Å². The molecule has 8 aliphatic rings. The van der Waals surface area contributed by atoms with E-state index in [1.54, 1.807) is 6.20 Å². The summed E-state index contributed by atoms with van der Waals surface area (Å²) < 4.78 is 28.2. The maximum atomic E-state index is 5.18. The topological polar surface area (TPSA) is 224 Å². The minimum absolute atomic E-state index is 0.452. The summed E-state index contributed by atoms with van der Waals surface area (Å²) in [4.78, 5) is 12.2. The van der Waals surface area contributed by atoms with Crippen LogP contribution in [0.1, 0.15) is 391 Å². The molecule has 0 saturated heterocycles. The summed E-state index contributed by atoms with van der Waals surface area (Å²) in [7, 11) is 0. The van der Waals surface area contributed by atoms with Crippen molar-refractivity contribution in [1.82, 2.24) is 88.6 Å². The van der Waals surface area contributed by atoms with Gasteiger partial charge in [0.15, 0.2) is 0 Å². The van der Waals surface area contributed by atoms with Crippen molar-refractivity contribution in [3.05, 3.63) is 144 Å². The molecule has 0 atom stereocenters. The van der Waals surface area contributed by atoms with Crippen LogP contribution in [-0.2, 0) is 0 Å². The van der Waals surface area contributed by atoms with Crippen LogP contribution >= 0.6 is 0 Å². The SMILES string of the molecule is CC(C)c1cncn1C1CC1.CC(C)c1nncn1C1CC1.CC(C)c1nncn1C1CC1.CC(C)c1nocc1C1CC1.CC(C)c1nocc1C1CC1.CC(C)c1oncc1C1CC1.CC(C)n1ccnc1.CC(C)n1cncc1C1CC1.CC(C)n1nncc1C1CC1. The molecule has 0 aromatic carbocycles. The molecule has 0 amide bonds. The van der Waals surface area contributed by atoms with Gasteiger partial charge >= 0.3 is 0 Å². The maximum absolute atomic E-state index is 5.18. The van der Waals surface area contributed by atoms with Gasteiger partial charge < -0.3 is 36.4 Å². The van der Waals surface area contributed by atoms with Gasteiger partial charge in [0.05, 0.1) is 48.5 Å². The molecule has 0 aliphatic heterocycles. The van der Waals surface area contributed by atoms with E-state index in [2.05, 4.69) is 209 Å². The van der Waals surface area contributed by atoms with Gasteiger partial charge in [0.1, 0.15) is 42.6 Å². The summed E-state index contributed by atoms with van der Waals surface area (Å²) in [6, 6.07) is 3.75. The molecule has 9 heterocycles. The Morgan fingerprint density at radius 2 is 0.875 bits per heavy atom. The van der Waals surface area contributed by atoms with Gasteiger partial charge in [-0.25, -0.2) is 19.6 Å². The van der Waals surface area contributed by atoms with Gasteiger partial charge in [-0.05, 0) is 180 Å². The highest BCUT2D eigenvalue weighted by Crippen LogP contribution is 2.46. The van der Waals surface area contributed by atoms with E-state index in [0.717, 1.165) is 64.4 Å². The Balaban J connectivity index is 0.000000127. The largest absolute Gasteiger partial charge is 0.364 e. The minimum Gasteiger partial charge on any atom is -0.364 e. The van der Waals surface area contributed by atoms with E-state index in [-0.39, 0.29) is 0 Å². The van der Waals surface area contributed by atoms with E-state index in [0.29, 0.717) is 65.7 Å². The van der Waals surface area contributed by atoms with Crippen LogP contribution < -0.4 is 0 Å². The van der Waals surface area contributed by atoms with Gasteiger partial charge in [0.25, 0.3) is 0 Å². The monoisotopic (exact) mass is 1320 g/mol. The molecule has 0 bridgehead atoms. The first-order chi connectivity index (χ1) is 46.1. The fourth-order valence-corrected chi connectivity index (χ4v) is 11.5. The second-order valence-electron chi connectivity index (χ2n) is 30.5.